The summed E-state index contributed by atoms with van der Waals surface area (Å²) in [6, 6.07) is 10.0. The molecule has 27 heavy (non-hydrogen) atoms. The third-order valence-electron chi connectivity index (χ3n) is 5.51. The quantitative estimate of drug-likeness (QED) is 0.832. The molecule has 1 atom stereocenters. The number of piperazine rings is 1. The molecule has 0 bridgehead atoms. The molecule has 0 spiro atoms. The van der Waals surface area contributed by atoms with Crippen LogP contribution in [0.15, 0.2) is 36.5 Å². The van der Waals surface area contributed by atoms with Crippen molar-refractivity contribution in [3.05, 3.63) is 47.9 Å². The van der Waals surface area contributed by atoms with Crippen molar-refractivity contribution in [1.82, 2.24) is 14.9 Å². The summed E-state index contributed by atoms with van der Waals surface area (Å²) in [6.07, 6.45) is 2.47. The molecule has 1 aromatic heterocycles. The Bertz CT molecular complexity index is 801. The average Bonchev–Trinajstić information content (AvgIpc) is 3.05. The average molecular weight is 365 g/mol. The molecular formula is C21H27N5O. The van der Waals surface area contributed by atoms with Crippen molar-refractivity contribution in [2.45, 2.75) is 20.3 Å². The second kappa shape index (κ2) is 7.64. The molecule has 3 heterocycles. The van der Waals surface area contributed by atoms with Crippen LogP contribution in [0.4, 0.5) is 11.5 Å². The molecule has 0 N–H and O–H groups in total. The number of hydrogen-bond acceptors (Lipinski definition) is 5. The van der Waals surface area contributed by atoms with Crippen LogP contribution in [0.25, 0.3) is 0 Å². The Hall–Kier alpha value is -2.47. The molecule has 2 saturated heterocycles. The Morgan fingerprint density at radius 1 is 1.07 bits per heavy atom. The molecule has 0 saturated carbocycles. The number of anilines is 2. The van der Waals surface area contributed by atoms with E-state index in [0.29, 0.717) is 12.3 Å². The van der Waals surface area contributed by atoms with Crippen molar-refractivity contribution >= 4 is 17.4 Å². The lowest BCUT2D eigenvalue weighted by atomic mass is 10.1. The van der Waals surface area contributed by atoms with Crippen molar-refractivity contribution in [3.8, 4) is 0 Å². The van der Waals surface area contributed by atoms with Crippen molar-refractivity contribution in [1.29, 1.82) is 0 Å². The fourth-order valence-electron chi connectivity index (χ4n) is 4.09. The van der Waals surface area contributed by atoms with Crippen molar-refractivity contribution < 1.29 is 4.79 Å². The summed E-state index contributed by atoms with van der Waals surface area (Å²) < 4.78 is 0. The molecule has 142 valence electrons. The summed E-state index contributed by atoms with van der Waals surface area (Å²) >= 11 is 0. The Morgan fingerprint density at radius 2 is 1.81 bits per heavy atom. The summed E-state index contributed by atoms with van der Waals surface area (Å²) in [5, 5.41) is 0. The van der Waals surface area contributed by atoms with Gasteiger partial charge in [-0.1, -0.05) is 18.2 Å². The van der Waals surface area contributed by atoms with Crippen molar-refractivity contribution in [2.24, 2.45) is 5.92 Å². The van der Waals surface area contributed by atoms with E-state index in [0.717, 1.165) is 62.2 Å². The van der Waals surface area contributed by atoms with E-state index in [1.165, 1.54) is 0 Å². The highest BCUT2D eigenvalue weighted by atomic mass is 16.2. The molecule has 2 fully saturated rings. The molecule has 0 radical (unpaired) electrons. The van der Waals surface area contributed by atoms with Crippen LogP contribution in [-0.4, -0.2) is 60.0 Å². The van der Waals surface area contributed by atoms with Gasteiger partial charge in [0.25, 0.3) is 0 Å². The number of carbonyl (C=O) groups is 1. The third kappa shape index (κ3) is 3.95. The minimum atomic E-state index is 0.246. The van der Waals surface area contributed by atoms with Gasteiger partial charge in [-0.3, -0.25) is 14.7 Å². The van der Waals surface area contributed by atoms with E-state index in [-0.39, 0.29) is 5.91 Å². The first-order valence-corrected chi connectivity index (χ1v) is 9.73. The highest BCUT2D eigenvalue weighted by Gasteiger charge is 2.32. The van der Waals surface area contributed by atoms with Gasteiger partial charge in [0.2, 0.25) is 5.91 Å². The van der Waals surface area contributed by atoms with Gasteiger partial charge in [-0.15, -0.1) is 0 Å². The van der Waals surface area contributed by atoms with Gasteiger partial charge < -0.3 is 9.80 Å². The van der Waals surface area contributed by atoms with Crippen molar-refractivity contribution in [3.63, 3.8) is 0 Å². The maximum Gasteiger partial charge on any atom is 0.227 e. The summed E-state index contributed by atoms with van der Waals surface area (Å²) in [4.78, 5) is 28.3. The van der Waals surface area contributed by atoms with E-state index >= 15 is 0 Å². The molecule has 4 rings (SSSR count). The zero-order valence-electron chi connectivity index (χ0n) is 16.1. The van der Waals surface area contributed by atoms with Crippen LogP contribution in [0.1, 0.15) is 17.8 Å². The van der Waals surface area contributed by atoms with Crippen LogP contribution in [0.3, 0.4) is 0 Å². The lowest BCUT2D eigenvalue weighted by molar-refractivity contribution is -0.117. The summed E-state index contributed by atoms with van der Waals surface area (Å²) in [5.41, 5.74) is 2.97. The third-order valence-corrected chi connectivity index (χ3v) is 5.51. The van der Waals surface area contributed by atoms with Crippen LogP contribution >= 0.6 is 0 Å². The monoisotopic (exact) mass is 365 g/mol. The van der Waals surface area contributed by atoms with E-state index in [2.05, 4.69) is 19.8 Å². The fraction of sp³-hybridized carbons (Fsp3) is 0.476. The minimum Gasteiger partial charge on any atom is -0.353 e. The summed E-state index contributed by atoms with van der Waals surface area (Å²) in [6.45, 7) is 9.76. The Labute approximate surface area is 160 Å². The Balaban J connectivity index is 1.32. The highest BCUT2D eigenvalue weighted by molar-refractivity contribution is 5.95. The fourth-order valence-corrected chi connectivity index (χ4v) is 4.09. The number of carbonyl (C=O) groups excluding carboxylic acids is 1. The number of aromatic nitrogens is 2. The maximum absolute atomic E-state index is 12.4. The number of rotatable bonds is 4. The smallest absolute Gasteiger partial charge is 0.227 e. The molecule has 2 aromatic rings. The Morgan fingerprint density at radius 3 is 2.56 bits per heavy atom. The molecule has 0 unspecified atom stereocenters. The van der Waals surface area contributed by atoms with Crippen LogP contribution < -0.4 is 9.80 Å². The molecule has 6 heteroatoms. The van der Waals surface area contributed by atoms with Gasteiger partial charge in [0.15, 0.2) is 0 Å². The number of hydrogen-bond donors (Lipinski definition) is 0. The van der Waals surface area contributed by atoms with Gasteiger partial charge in [-0.25, -0.2) is 4.98 Å². The van der Waals surface area contributed by atoms with Gasteiger partial charge in [-0.2, -0.15) is 0 Å². The molecule has 1 aromatic carbocycles. The van der Waals surface area contributed by atoms with Gasteiger partial charge in [0, 0.05) is 57.6 Å². The molecule has 2 aliphatic heterocycles. The highest BCUT2D eigenvalue weighted by Crippen LogP contribution is 2.26. The lowest BCUT2D eigenvalue weighted by Gasteiger charge is -2.36. The first kappa shape index (κ1) is 17.9. The summed E-state index contributed by atoms with van der Waals surface area (Å²) in [7, 11) is 0. The molecule has 2 aliphatic rings. The number of amides is 1. The normalized spacial score (nSPS) is 21.1. The van der Waals surface area contributed by atoms with E-state index < -0.39 is 0 Å². The van der Waals surface area contributed by atoms with Crippen LogP contribution in [0.2, 0.25) is 0 Å². The largest absolute Gasteiger partial charge is 0.353 e. The maximum atomic E-state index is 12.4. The second-order valence-electron chi connectivity index (χ2n) is 7.62. The van der Waals surface area contributed by atoms with Gasteiger partial charge in [0.05, 0.1) is 11.4 Å². The topological polar surface area (TPSA) is 52.6 Å². The first-order chi connectivity index (χ1) is 13.1. The number of nitrogens with zero attached hydrogens (tertiary/aromatic N) is 5. The minimum absolute atomic E-state index is 0.246. The predicted octanol–water partition coefficient (Wildman–Crippen LogP) is 2.27. The van der Waals surface area contributed by atoms with E-state index in [1.807, 2.05) is 55.3 Å². The molecular weight excluding hydrogens is 338 g/mol. The molecule has 0 aliphatic carbocycles. The van der Waals surface area contributed by atoms with Gasteiger partial charge >= 0.3 is 0 Å². The first-order valence-electron chi connectivity index (χ1n) is 9.73. The van der Waals surface area contributed by atoms with Gasteiger partial charge in [0.1, 0.15) is 5.82 Å². The SMILES string of the molecule is Cc1cnc(C)c(N2CCN(C[C@H]3CC(=O)N(c4ccccc4)C3)CC2)n1. The van der Waals surface area contributed by atoms with E-state index in [9.17, 15) is 4.79 Å². The van der Waals surface area contributed by atoms with Crippen molar-refractivity contribution in [2.75, 3.05) is 49.1 Å². The van der Waals surface area contributed by atoms with E-state index in [1.54, 1.807) is 0 Å². The van der Waals surface area contributed by atoms with Crippen LogP contribution in [-0.2, 0) is 4.79 Å². The Kier molecular flexibility index (Phi) is 5.07. The number of aryl methyl sites for hydroxylation is 2. The van der Waals surface area contributed by atoms with E-state index in [4.69, 9.17) is 0 Å². The lowest BCUT2D eigenvalue weighted by Crippen LogP contribution is -2.48. The zero-order chi connectivity index (χ0) is 18.8. The molecule has 1 amide bonds. The standard InChI is InChI=1S/C21H27N5O/c1-16-13-22-17(2)21(23-16)25-10-8-24(9-11-25)14-18-12-20(27)26(15-18)19-6-4-3-5-7-19/h3-7,13,18H,8-12,14-15H2,1-2H3/t18-/m1/s1. The molecule has 6 nitrogen and oxygen atoms in total. The summed E-state index contributed by atoms with van der Waals surface area (Å²) in [5.74, 6) is 1.67. The number of para-hydroxylation sites is 1. The van der Waals surface area contributed by atoms with Crippen LogP contribution in [0, 0.1) is 19.8 Å². The predicted molar refractivity (Wildman–Crippen MR) is 107 cm³/mol. The zero-order valence-corrected chi connectivity index (χ0v) is 16.1. The number of benzene rings is 1. The second-order valence-corrected chi connectivity index (χ2v) is 7.62. The van der Waals surface area contributed by atoms with Crippen LogP contribution in [0.5, 0.6) is 0 Å². The van der Waals surface area contributed by atoms with Gasteiger partial charge in [-0.05, 0) is 31.9 Å².